The fourth-order valence-electron chi connectivity index (χ4n) is 3.08. The number of nitrogens with one attached hydrogen (secondary N) is 2. The molecule has 0 aliphatic rings. The van der Waals surface area contributed by atoms with Crippen LogP contribution < -0.4 is 10.6 Å². The molecule has 0 radical (unpaired) electrons. The van der Waals surface area contributed by atoms with Gasteiger partial charge in [0.1, 0.15) is 6.04 Å². The maximum absolute atomic E-state index is 12.5. The molecule has 2 amide bonds. The van der Waals surface area contributed by atoms with Crippen LogP contribution in [0.1, 0.15) is 25.0 Å². The standard InChI is InChI=1S/C24H31N3O6S/c1-16(2)23(26-21(28)13-18-9-7-6-8-10-18)24(30)33-15-22(29)25-19-12-11-17(3)20(14-19)34(31,32)27(4)5/h6-12,14,16,23H,13,15H2,1-5H3,(H,25,29)(H,26,28). The fraction of sp³-hybridized carbons (Fsp3) is 0.375. The van der Waals surface area contributed by atoms with Crippen LogP contribution in [0.2, 0.25) is 0 Å². The SMILES string of the molecule is Cc1ccc(NC(=O)COC(=O)C(NC(=O)Cc2ccccc2)C(C)C)cc1S(=O)(=O)N(C)C. The molecule has 0 heterocycles. The molecule has 184 valence electrons. The quantitative estimate of drug-likeness (QED) is 0.493. The van der Waals surface area contributed by atoms with Crippen molar-refractivity contribution in [1.29, 1.82) is 0 Å². The Hall–Kier alpha value is -3.24. The first-order chi connectivity index (χ1) is 15.9. The molecule has 0 aromatic heterocycles. The molecular weight excluding hydrogens is 458 g/mol. The number of nitrogens with zero attached hydrogens (tertiary/aromatic N) is 1. The van der Waals surface area contributed by atoms with Gasteiger partial charge in [-0.15, -0.1) is 0 Å². The van der Waals surface area contributed by atoms with Gasteiger partial charge < -0.3 is 15.4 Å². The smallest absolute Gasteiger partial charge is 0.329 e. The molecule has 0 aliphatic carbocycles. The number of hydrogen-bond acceptors (Lipinski definition) is 6. The van der Waals surface area contributed by atoms with E-state index in [1.54, 1.807) is 32.9 Å². The number of esters is 1. The lowest BCUT2D eigenvalue weighted by Crippen LogP contribution is -2.46. The van der Waals surface area contributed by atoms with Crippen LogP contribution in [0.25, 0.3) is 0 Å². The summed E-state index contributed by atoms with van der Waals surface area (Å²) in [4.78, 5) is 37.3. The second-order valence-electron chi connectivity index (χ2n) is 8.38. The predicted octanol–water partition coefficient (Wildman–Crippen LogP) is 2.11. The first-order valence-corrected chi connectivity index (χ1v) is 12.2. The first-order valence-electron chi connectivity index (χ1n) is 10.7. The third kappa shape index (κ3) is 7.39. The molecule has 0 aliphatic heterocycles. The van der Waals surface area contributed by atoms with Crippen molar-refractivity contribution in [1.82, 2.24) is 9.62 Å². The molecule has 9 nitrogen and oxygen atoms in total. The molecule has 0 saturated carbocycles. The summed E-state index contributed by atoms with van der Waals surface area (Å²) in [6, 6.07) is 12.7. The first kappa shape index (κ1) is 27.0. The molecule has 0 bridgehead atoms. The Bertz CT molecular complexity index is 1130. The van der Waals surface area contributed by atoms with Gasteiger partial charge in [0.15, 0.2) is 6.61 Å². The summed E-state index contributed by atoms with van der Waals surface area (Å²) < 4.78 is 31.1. The van der Waals surface area contributed by atoms with E-state index in [9.17, 15) is 22.8 Å². The van der Waals surface area contributed by atoms with Crippen molar-refractivity contribution in [3.63, 3.8) is 0 Å². The van der Waals surface area contributed by atoms with Gasteiger partial charge in [0.25, 0.3) is 5.91 Å². The number of anilines is 1. The van der Waals surface area contributed by atoms with Gasteiger partial charge in [0.2, 0.25) is 15.9 Å². The summed E-state index contributed by atoms with van der Waals surface area (Å²) in [5.41, 5.74) is 1.59. The third-order valence-electron chi connectivity index (χ3n) is 5.02. The van der Waals surface area contributed by atoms with E-state index in [0.717, 1.165) is 9.87 Å². The highest BCUT2D eigenvalue weighted by molar-refractivity contribution is 7.89. The van der Waals surface area contributed by atoms with E-state index in [4.69, 9.17) is 4.74 Å². The summed E-state index contributed by atoms with van der Waals surface area (Å²) >= 11 is 0. The maximum Gasteiger partial charge on any atom is 0.329 e. The van der Waals surface area contributed by atoms with Crippen molar-refractivity contribution in [3.05, 3.63) is 59.7 Å². The van der Waals surface area contributed by atoms with Crippen LogP contribution >= 0.6 is 0 Å². The van der Waals surface area contributed by atoms with Gasteiger partial charge in [0, 0.05) is 19.8 Å². The van der Waals surface area contributed by atoms with Crippen LogP contribution in [0.3, 0.4) is 0 Å². The number of benzene rings is 2. The lowest BCUT2D eigenvalue weighted by molar-refractivity contribution is -0.151. The minimum Gasteiger partial charge on any atom is -0.454 e. The van der Waals surface area contributed by atoms with E-state index in [-0.39, 0.29) is 28.8 Å². The zero-order chi connectivity index (χ0) is 25.5. The van der Waals surface area contributed by atoms with Gasteiger partial charge in [-0.3, -0.25) is 9.59 Å². The van der Waals surface area contributed by atoms with E-state index < -0.39 is 34.5 Å². The highest BCUT2D eigenvalue weighted by atomic mass is 32.2. The van der Waals surface area contributed by atoms with Crippen molar-refractivity contribution < 1.29 is 27.5 Å². The maximum atomic E-state index is 12.5. The van der Waals surface area contributed by atoms with Gasteiger partial charge in [0.05, 0.1) is 11.3 Å². The number of amides is 2. The Kier molecular flexibility index (Phi) is 9.34. The largest absolute Gasteiger partial charge is 0.454 e. The lowest BCUT2D eigenvalue weighted by atomic mass is 10.0. The number of carbonyl (C=O) groups is 3. The van der Waals surface area contributed by atoms with Gasteiger partial charge >= 0.3 is 5.97 Å². The van der Waals surface area contributed by atoms with Crippen molar-refractivity contribution in [2.24, 2.45) is 5.92 Å². The molecular formula is C24H31N3O6S. The number of ether oxygens (including phenoxy) is 1. The summed E-state index contributed by atoms with van der Waals surface area (Å²) in [7, 11) is -0.850. The number of sulfonamides is 1. The number of carbonyl (C=O) groups excluding carboxylic acids is 3. The van der Waals surface area contributed by atoms with Crippen LogP contribution in [0, 0.1) is 12.8 Å². The summed E-state index contributed by atoms with van der Waals surface area (Å²) in [5, 5.41) is 5.19. The van der Waals surface area contributed by atoms with Gasteiger partial charge in [-0.05, 0) is 36.1 Å². The average Bonchev–Trinajstić information content (AvgIpc) is 2.77. The van der Waals surface area contributed by atoms with Gasteiger partial charge in [-0.25, -0.2) is 17.5 Å². The van der Waals surface area contributed by atoms with Crippen molar-refractivity contribution in [3.8, 4) is 0 Å². The van der Waals surface area contributed by atoms with Crippen LogP contribution in [0.4, 0.5) is 5.69 Å². The molecule has 2 N–H and O–H groups in total. The molecule has 34 heavy (non-hydrogen) atoms. The number of hydrogen-bond donors (Lipinski definition) is 2. The Labute approximate surface area is 200 Å². The average molecular weight is 490 g/mol. The van der Waals surface area contributed by atoms with E-state index in [2.05, 4.69) is 10.6 Å². The monoisotopic (exact) mass is 489 g/mol. The highest BCUT2D eigenvalue weighted by Crippen LogP contribution is 2.22. The zero-order valence-corrected chi connectivity index (χ0v) is 20.8. The minimum absolute atomic E-state index is 0.0632. The van der Waals surface area contributed by atoms with Crippen LogP contribution in [-0.2, 0) is 35.6 Å². The second kappa shape index (κ2) is 11.8. The summed E-state index contributed by atoms with van der Waals surface area (Å²) in [5.74, 6) is -1.96. The highest BCUT2D eigenvalue weighted by Gasteiger charge is 2.26. The second-order valence-corrected chi connectivity index (χ2v) is 10.5. The number of rotatable bonds is 10. The van der Waals surface area contributed by atoms with Crippen molar-refractivity contribution >= 4 is 33.5 Å². The molecule has 2 rings (SSSR count). The Morgan fingerprint density at radius 3 is 2.24 bits per heavy atom. The molecule has 2 aromatic carbocycles. The minimum atomic E-state index is -3.69. The molecule has 1 unspecified atom stereocenters. The zero-order valence-electron chi connectivity index (χ0n) is 20.0. The molecule has 10 heteroatoms. The van der Waals surface area contributed by atoms with E-state index in [1.807, 2.05) is 30.3 Å². The van der Waals surface area contributed by atoms with Crippen LogP contribution in [0.15, 0.2) is 53.4 Å². The number of aryl methyl sites for hydroxylation is 1. The fourth-order valence-corrected chi connectivity index (χ4v) is 4.22. The molecule has 1 atom stereocenters. The van der Waals surface area contributed by atoms with Crippen molar-refractivity contribution in [2.75, 3.05) is 26.0 Å². The molecule has 0 fully saturated rings. The lowest BCUT2D eigenvalue weighted by Gasteiger charge is -2.21. The van der Waals surface area contributed by atoms with Crippen molar-refractivity contribution in [2.45, 2.75) is 38.1 Å². The Balaban J connectivity index is 1.97. The summed E-state index contributed by atoms with van der Waals surface area (Å²) in [6.45, 7) is 4.59. The summed E-state index contributed by atoms with van der Waals surface area (Å²) in [6.07, 6.45) is 0.115. The molecule has 0 saturated heterocycles. The topological polar surface area (TPSA) is 122 Å². The van der Waals surface area contributed by atoms with E-state index in [0.29, 0.717) is 5.56 Å². The van der Waals surface area contributed by atoms with Gasteiger partial charge in [-0.1, -0.05) is 50.2 Å². The predicted molar refractivity (Wildman–Crippen MR) is 129 cm³/mol. The Morgan fingerprint density at radius 1 is 1.00 bits per heavy atom. The van der Waals surface area contributed by atoms with E-state index in [1.165, 1.54) is 20.2 Å². The van der Waals surface area contributed by atoms with Crippen LogP contribution in [-0.4, -0.2) is 57.3 Å². The van der Waals surface area contributed by atoms with E-state index >= 15 is 0 Å². The van der Waals surface area contributed by atoms with Crippen LogP contribution in [0.5, 0.6) is 0 Å². The Morgan fingerprint density at radius 2 is 1.65 bits per heavy atom. The molecule has 0 spiro atoms. The normalized spacial score (nSPS) is 12.3. The molecule has 2 aromatic rings. The third-order valence-corrected chi connectivity index (χ3v) is 6.98. The van der Waals surface area contributed by atoms with Gasteiger partial charge in [-0.2, -0.15) is 0 Å².